The van der Waals surface area contributed by atoms with Crippen LogP contribution >= 0.6 is 0 Å². The van der Waals surface area contributed by atoms with E-state index >= 15 is 0 Å². The lowest BCUT2D eigenvalue weighted by Gasteiger charge is -2.14. The van der Waals surface area contributed by atoms with E-state index in [1.807, 2.05) is 32.1 Å². The summed E-state index contributed by atoms with van der Waals surface area (Å²) < 4.78 is 5.01. The van der Waals surface area contributed by atoms with Crippen molar-refractivity contribution in [3.8, 4) is 0 Å². The van der Waals surface area contributed by atoms with Gasteiger partial charge in [0, 0.05) is 13.7 Å². The molecule has 3 nitrogen and oxygen atoms in total. The standard InChI is InChI=1S/C14H23NO2/c1-5-8-9-12(6-2)10-15-14(16)13(7-3)11-17-4/h5-6,8-9,13H,2,7,10-11H2,1,3-4H3,(H,15,16)/b8-5-,12-9+. The fraction of sp³-hybridized carbons (Fsp3) is 0.500. The molecule has 0 aromatic carbocycles. The van der Waals surface area contributed by atoms with E-state index in [0.29, 0.717) is 13.2 Å². The van der Waals surface area contributed by atoms with E-state index in [-0.39, 0.29) is 11.8 Å². The monoisotopic (exact) mass is 237 g/mol. The number of carbonyl (C=O) groups is 1. The van der Waals surface area contributed by atoms with Crippen molar-refractivity contribution in [2.75, 3.05) is 20.3 Å². The Bertz CT molecular complexity index is 293. The normalized spacial score (nSPS) is 13.7. The van der Waals surface area contributed by atoms with Gasteiger partial charge in [0.05, 0.1) is 12.5 Å². The number of methoxy groups -OCH3 is 1. The first-order valence-corrected chi connectivity index (χ1v) is 5.90. The molecule has 3 heteroatoms. The number of nitrogens with one attached hydrogen (secondary N) is 1. The molecule has 0 radical (unpaired) electrons. The second-order valence-corrected chi connectivity index (χ2v) is 3.75. The van der Waals surface area contributed by atoms with Gasteiger partial charge in [-0.3, -0.25) is 4.79 Å². The van der Waals surface area contributed by atoms with Gasteiger partial charge in [-0.15, -0.1) is 0 Å². The van der Waals surface area contributed by atoms with Crippen molar-refractivity contribution in [3.63, 3.8) is 0 Å². The van der Waals surface area contributed by atoms with Crippen molar-refractivity contribution in [2.45, 2.75) is 20.3 Å². The van der Waals surface area contributed by atoms with Crippen LogP contribution in [0.15, 0.2) is 36.5 Å². The van der Waals surface area contributed by atoms with Gasteiger partial charge in [0.15, 0.2) is 0 Å². The van der Waals surface area contributed by atoms with E-state index in [2.05, 4.69) is 11.9 Å². The van der Waals surface area contributed by atoms with Gasteiger partial charge in [0.2, 0.25) is 5.91 Å². The van der Waals surface area contributed by atoms with Gasteiger partial charge < -0.3 is 10.1 Å². The van der Waals surface area contributed by atoms with Crippen LogP contribution in [0.1, 0.15) is 20.3 Å². The topological polar surface area (TPSA) is 38.3 Å². The zero-order valence-electron chi connectivity index (χ0n) is 11.0. The summed E-state index contributed by atoms with van der Waals surface area (Å²) in [6, 6.07) is 0. The molecule has 96 valence electrons. The third kappa shape index (κ3) is 6.74. The van der Waals surface area contributed by atoms with Crippen LogP contribution in [0, 0.1) is 5.92 Å². The summed E-state index contributed by atoms with van der Waals surface area (Å²) in [5.41, 5.74) is 0.990. The number of carbonyl (C=O) groups excluding carboxylic acids is 1. The van der Waals surface area contributed by atoms with Crippen molar-refractivity contribution >= 4 is 5.91 Å². The maximum atomic E-state index is 11.8. The molecule has 0 aliphatic carbocycles. The maximum Gasteiger partial charge on any atom is 0.225 e. The summed E-state index contributed by atoms with van der Waals surface area (Å²) in [4.78, 5) is 11.8. The highest BCUT2D eigenvalue weighted by atomic mass is 16.5. The molecule has 0 bridgehead atoms. The lowest BCUT2D eigenvalue weighted by Crippen LogP contribution is -2.33. The predicted octanol–water partition coefficient (Wildman–Crippen LogP) is 2.46. The smallest absolute Gasteiger partial charge is 0.225 e. The molecule has 0 heterocycles. The van der Waals surface area contributed by atoms with Crippen LogP contribution in [0.3, 0.4) is 0 Å². The molecule has 0 fully saturated rings. The van der Waals surface area contributed by atoms with Crippen LogP contribution in [0.2, 0.25) is 0 Å². The summed E-state index contributed by atoms with van der Waals surface area (Å²) in [5, 5.41) is 2.89. The van der Waals surface area contributed by atoms with Crippen LogP contribution in [0.4, 0.5) is 0 Å². The number of allylic oxidation sites excluding steroid dienone is 3. The van der Waals surface area contributed by atoms with Crippen molar-refractivity contribution in [1.82, 2.24) is 5.32 Å². The lowest BCUT2D eigenvalue weighted by molar-refractivity contribution is -0.126. The van der Waals surface area contributed by atoms with Gasteiger partial charge in [0.1, 0.15) is 0 Å². The Labute approximate surface area is 104 Å². The van der Waals surface area contributed by atoms with Gasteiger partial charge in [-0.1, -0.05) is 37.8 Å². The molecule has 0 spiro atoms. The maximum absolute atomic E-state index is 11.8. The molecule has 0 aromatic heterocycles. The number of amides is 1. The number of hydrogen-bond acceptors (Lipinski definition) is 2. The minimum Gasteiger partial charge on any atom is -0.384 e. The fourth-order valence-electron chi connectivity index (χ4n) is 1.33. The molecule has 0 aromatic rings. The second-order valence-electron chi connectivity index (χ2n) is 3.75. The molecule has 1 atom stereocenters. The Balaban J connectivity index is 4.24. The fourth-order valence-corrected chi connectivity index (χ4v) is 1.33. The zero-order chi connectivity index (χ0) is 13.1. The third-order valence-corrected chi connectivity index (χ3v) is 2.46. The van der Waals surface area contributed by atoms with Crippen molar-refractivity contribution < 1.29 is 9.53 Å². The summed E-state index contributed by atoms with van der Waals surface area (Å²) in [6.45, 7) is 8.61. The van der Waals surface area contributed by atoms with Crippen LogP contribution in [-0.4, -0.2) is 26.2 Å². The highest BCUT2D eigenvalue weighted by molar-refractivity contribution is 5.79. The molecule has 0 saturated heterocycles. The average Bonchev–Trinajstić information content (AvgIpc) is 2.35. The van der Waals surface area contributed by atoms with Crippen LogP contribution in [0.5, 0.6) is 0 Å². The van der Waals surface area contributed by atoms with Crippen LogP contribution in [0.25, 0.3) is 0 Å². The van der Waals surface area contributed by atoms with E-state index < -0.39 is 0 Å². The molecular weight excluding hydrogens is 214 g/mol. The third-order valence-electron chi connectivity index (χ3n) is 2.46. The van der Waals surface area contributed by atoms with Crippen molar-refractivity contribution in [1.29, 1.82) is 0 Å². The molecule has 0 aliphatic rings. The molecule has 17 heavy (non-hydrogen) atoms. The Kier molecular flexibility index (Phi) is 9.06. The Morgan fingerprint density at radius 1 is 1.53 bits per heavy atom. The van der Waals surface area contributed by atoms with Gasteiger partial charge in [0.25, 0.3) is 0 Å². The van der Waals surface area contributed by atoms with Crippen molar-refractivity contribution in [2.24, 2.45) is 5.92 Å². The van der Waals surface area contributed by atoms with Gasteiger partial charge in [-0.25, -0.2) is 0 Å². The quantitative estimate of drug-likeness (QED) is 0.659. The Morgan fingerprint density at radius 2 is 2.24 bits per heavy atom. The molecule has 1 N–H and O–H groups in total. The summed E-state index contributed by atoms with van der Waals surface area (Å²) in [6.07, 6.45) is 8.32. The molecule has 0 aliphatic heterocycles. The largest absolute Gasteiger partial charge is 0.384 e. The Hall–Kier alpha value is -1.35. The summed E-state index contributed by atoms with van der Waals surface area (Å²) in [7, 11) is 1.61. The van der Waals surface area contributed by atoms with Gasteiger partial charge in [-0.05, 0) is 18.9 Å². The number of hydrogen-bond donors (Lipinski definition) is 1. The van der Waals surface area contributed by atoms with E-state index in [1.165, 1.54) is 0 Å². The van der Waals surface area contributed by atoms with Gasteiger partial charge in [-0.2, -0.15) is 0 Å². The van der Waals surface area contributed by atoms with E-state index in [0.717, 1.165) is 12.0 Å². The molecule has 1 amide bonds. The SMILES string of the molecule is C=C/C(=C\C=C/C)CNC(=O)C(CC)COC. The molecule has 0 saturated carbocycles. The van der Waals surface area contributed by atoms with Gasteiger partial charge >= 0.3 is 0 Å². The lowest BCUT2D eigenvalue weighted by atomic mass is 10.1. The average molecular weight is 237 g/mol. The van der Waals surface area contributed by atoms with Crippen molar-refractivity contribution in [3.05, 3.63) is 36.5 Å². The van der Waals surface area contributed by atoms with E-state index in [9.17, 15) is 4.79 Å². The predicted molar refractivity (Wildman–Crippen MR) is 71.8 cm³/mol. The highest BCUT2D eigenvalue weighted by Gasteiger charge is 2.15. The summed E-state index contributed by atoms with van der Waals surface area (Å²) >= 11 is 0. The summed E-state index contributed by atoms with van der Waals surface area (Å²) in [5.74, 6) is -0.0460. The number of rotatable bonds is 8. The highest BCUT2D eigenvalue weighted by Crippen LogP contribution is 2.03. The first-order valence-electron chi connectivity index (χ1n) is 5.90. The first kappa shape index (κ1) is 15.7. The minimum atomic E-state index is -0.0761. The Morgan fingerprint density at radius 3 is 2.71 bits per heavy atom. The number of ether oxygens (including phenoxy) is 1. The van der Waals surface area contributed by atoms with Crippen LogP contribution in [-0.2, 0) is 9.53 Å². The molecular formula is C14H23NO2. The van der Waals surface area contributed by atoms with E-state index in [4.69, 9.17) is 4.74 Å². The molecule has 0 rings (SSSR count). The zero-order valence-corrected chi connectivity index (χ0v) is 11.0. The minimum absolute atomic E-state index is 0.0302. The van der Waals surface area contributed by atoms with Crippen LogP contribution < -0.4 is 5.32 Å². The second kappa shape index (κ2) is 9.85. The molecule has 1 unspecified atom stereocenters. The first-order chi connectivity index (χ1) is 8.19. The van der Waals surface area contributed by atoms with E-state index in [1.54, 1.807) is 13.2 Å².